The van der Waals surface area contributed by atoms with E-state index in [9.17, 15) is 0 Å². The van der Waals surface area contributed by atoms with E-state index in [1.807, 2.05) is 0 Å². The van der Waals surface area contributed by atoms with E-state index in [1.54, 1.807) is 0 Å². The maximum atomic E-state index is 3.58. The molecule has 100 valence electrons. The molecule has 2 rings (SSSR count). The summed E-state index contributed by atoms with van der Waals surface area (Å²) in [6, 6.07) is 7.21. The molecule has 0 spiro atoms. The van der Waals surface area contributed by atoms with E-state index in [0.29, 0.717) is 0 Å². The number of anilines is 1. The fourth-order valence-corrected chi connectivity index (χ4v) is 3.08. The molecule has 0 bridgehead atoms. The summed E-state index contributed by atoms with van der Waals surface area (Å²) in [5.41, 5.74) is 2.51. The molecule has 2 nitrogen and oxygen atoms in total. The van der Waals surface area contributed by atoms with Crippen molar-refractivity contribution < 1.29 is 0 Å². The molecule has 0 saturated heterocycles. The van der Waals surface area contributed by atoms with Crippen LogP contribution in [0.3, 0.4) is 0 Å². The SMILES string of the molecule is CNC1CCCC(CNc2ccc(C)c(Br)c2)C1. The van der Waals surface area contributed by atoms with Gasteiger partial charge in [-0.3, -0.25) is 0 Å². The Morgan fingerprint density at radius 1 is 1.33 bits per heavy atom. The molecule has 0 amide bonds. The van der Waals surface area contributed by atoms with Gasteiger partial charge in [0.2, 0.25) is 0 Å². The van der Waals surface area contributed by atoms with Gasteiger partial charge < -0.3 is 10.6 Å². The van der Waals surface area contributed by atoms with Gasteiger partial charge >= 0.3 is 0 Å². The minimum absolute atomic E-state index is 0.718. The van der Waals surface area contributed by atoms with E-state index in [2.05, 4.69) is 58.7 Å². The van der Waals surface area contributed by atoms with Crippen LogP contribution in [-0.2, 0) is 0 Å². The zero-order valence-electron chi connectivity index (χ0n) is 11.3. The Balaban J connectivity index is 1.85. The maximum Gasteiger partial charge on any atom is 0.0351 e. The highest BCUT2D eigenvalue weighted by Gasteiger charge is 2.20. The van der Waals surface area contributed by atoms with E-state index < -0.39 is 0 Å². The van der Waals surface area contributed by atoms with Crippen LogP contribution in [0.2, 0.25) is 0 Å². The van der Waals surface area contributed by atoms with Gasteiger partial charge in [0.15, 0.2) is 0 Å². The van der Waals surface area contributed by atoms with Crippen molar-refractivity contribution in [1.82, 2.24) is 5.32 Å². The molecule has 1 aromatic carbocycles. The monoisotopic (exact) mass is 310 g/mol. The summed E-state index contributed by atoms with van der Waals surface area (Å²) >= 11 is 3.58. The van der Waals surface area contributed by atoms with Crippen LogP contribution >= 0.6 is 15.9 Å². The summed E-state index contributed by atoms with van der Waals surface area (Å²) in [6.07, 6.45) is 5.35. The first-order chi connectivity index (χ1) is 8.69. The first-order valence-corrected chi connectivity index (χ1v) is 7.65. The van der Waals surface area contributed by atoms with E-state index in [1.165, 1.54) is 41.4 Å². The lowest BCUT2D eigenvalue weighted by Gasteiger charge is -2.29. The number of halogens is 1. The van der Waals surface area contributed by atoms with Gasteiger partial charge in [0.25, 0.3) is 0 Å². The molecule has 0 aromatic heterocycles. The third-order valence-corrected chi connectivity index (χ3v) is 4.81. The molecule has 1 aliphatic rings. The number of hydrogen-bond donors (Lipinski definition) is 2. The molecule has 0 radical (unpaired) electrons. The quantitative estimate of drug-likeness (QED) is 0.880. The highest BCUT2D eigenvalue weighted by molar-refractivity contribution is 9.10. The lowest BCUT2D eigenvalue weighted by atomic mass is 9.85. The van der Waals surface area contributed by atoms with Crippen molar-refractivity contribution in [3.8, 4) is 0 Å². The molecule has 1 aliphatic carbocycles. The average Bonchev–Trinajstić information content (AvgIpc) is 2.40. The Hall–Kier alpha value is -0.540. The zero-order valence-corrected chi connectivity index (χ0v) is 12.9. The molecule has 1 aromatic rings. The molecule has 2 N–H and O–H groups in total. The van der Waals surface area contributed by atoms with Crippen LogP contribution in [0.5, 0.6) is 0 Å². The maximum absolute atomic E-state index is 3.58. The number of benzene rings is 1. The van der Waals surface area contributed by atoms with E-state index in [4.69, 9.17) is 0 Å². The molecule has 2 atom stereocenters. The summed E-state index contributed by atoms with van der Waals surface area (Å²) in [4.78, 5) is 0. The largest absolute Gasteiger partial charge is 0.385 e. The molecular weight excluding hydrogens is 288 g/mol. The second-order valence-corrected chi connectivity index (χ2v) is 6.22. The van der Waals surface area contributed by atoms with Crippen molar-refractivity contribution in [2.24, 2.45) is 5.92 Å². The van der Waals surface area contributed by atoms with Gasteiger partial charge in [-0.15, -0.1) is 0 Å². The van der Waals surface area contributed by atoms with Crippen LogP contribution in [0, 0.1) is 12.8 Å². The number of rotatable bonds is 4. The lowest BCUT2D eigenvalue weighted by molar-refractivity contribution is 0.306. The molecular formula is C15H23BrN2. The minimum Gasteiger partial charge on any atom is -0.385 e. The van der Waals surface area contributed by atoms with Crippen LogP contribution in [0.25, 0.3) is 0 Å². The first-order valence-electron chi connectivity index (χ1n) is 6.86. The standard InChI is InChI=1S/C15H23BrN2/c1-11-6-7-14(9-15(11)16)18-10-12-4-3-5-13(8-12)17-2/h6-7,9,12-13,17-18H,3-5,8,10H2,1-2H3. The molecule has 2 unspecified atom stereocenters. The van der Waals surface area contributed by atoms with E-state index >= 15 is 0 Å². The van der Waals surface area contributed by atoms with Gasteiger partial charge in [-0.05, 0) is 56.8 Å². The van der Waals surface area contributed by atoms with Gasteiger partial charge in [0, 0.05) is 22.7 Å². The van der Waals surface area contributed by atoms with Crippen molar-refractivity contribution in [3.05, 3.63) is 28.2 Å². The van der Waals surface area contributed by atoms with Gasteiger partial charge in [0.1, 0.15) is 0 Å². The van der Waals surface area contributed by atoms with Gasteiger partial charge in [-0.25, -0.2) is 0 Å². The third-order valence-electron chi connectivity index (χ3n) is 3.96. The Kier molecular flexibility index (Phi) is 5.07. The van der Waals surface area contributed by atoms with E-state index in [0.717, 1.165) is 18.5 Å². The highest BCUT2D eigenvalue weighted by Crippen LogP contribution is 2.25. The Morgan fingerprint density at radius 2 is 2.17 bits per heavy atom. The summed E-state index contributed by atoms with van der Waals surface area (Å²) in [7, 11) is 2.08. The predicted octanol–water partition coefficient (Wildman–Crippen LogP) is 3.95. The second-order valence-electron chi connectivity index (χ2n) is 5.36. The molecule has 0 heterocycles. The minimum atomic E-state index is 0.718. The molecule has 1 fully saturated rings. The number of nitrogens with one attached hydrogen (secondary N) is 2. The van der Waals surface area contributed by atoms with Crippen LogP contribution < -0.4 is 10.6 Å². The van der Waals surface area contributed by atoms with Crippen LogP contribution in [-0.4, -0.2) is 19.6 Å². The number of aryl methyl sites for hydroxylation is 1. The summed E-state index contributed by atoms with van der Waals surface area (Å²) < 4.78 is 1.18. The summed E-state index contributed by atoms with van der Waals surface area (Å²) in [5.74, 6) is 0.802. The van der Waals surface area contributed by atoms with Crippen LogP contribution in [0.1, 0.15) is 31.2 Å². The average molecular weight is 311 g/mol. The Morgan fingerprint density at radius 3 is 2.89 bits per heavy atom. The lowest BCUT2D eigenvalue weighted by Crippen LogP contribution is -2.33. The normalized spacial score (nSPS) is 23.9. The van der Waals surface area contributed by atoms with Crippen molar-refractivity contribution >= 4 is 21.6 Å². The van der Waals surface area contributed by atoms with Crippen molar-refractivity contribution in [1.29, 1.82) is 0 Å². The van der Waals surface area contributed by atoms with Gasteiger partial charge in [-0.2, -0.15) is 0 Å². The topological polar surface area (TPSA) is 24.1 Å². The van der Waals surface area contributed by atoms with Crippen molar-refractivity contribution in [2.75, 3.05) is 18.9 Å². The fraction of sp³-hybridized carbons (Fsp3) is 0.600. The smallest absolute Gasteiger partial charge is 0.0351 e. The fourth-order valence-electron chi connectivity index (χ4n) is 2.70. The van der Waals surface area contributed by atoms with Crippen molar-refractivity contribution in [2.45, 2.75) is 38.6 Å². The van der Waals surface area contributed by atoms with Gasteiger partial charge in [-0.1, -0.05) is 28.4 Å². The molecule has 18 heavy (non-hydrogen) atoms. The molecule has 1 saturated carbocycles. The highest BCUT2D eigenvalue weighted by atomic mass is 79.9. The number of hydrogen-bond acceptors (Lipinski definition) is 2. The molecule has 3 heteroatoms. The van der Waals surface area contributed by atoms with Gasteiger partial charge in [0.05, 0.1) is 0 Å². The Labute approximate surface area is 119 Å². The summed E-state index contributed by atoms with van der Waals surface area (Å²) in [6.45, 7) is 3.21. The molecule has 0 aliphatic heterocycles. The van der Waals surface area contributed by atoms with E-state index in [-0.39, 0.29) is 0 Å². The Bertz CT molecular complexity index is 392. The predicted molar refractivity (Wildman–Crippen MR) is 82.2 cm³/mol. The van der Waals surface area contributed by atoms with Crippen LogP contribution in [0.15, 0.2) is 22.7 Å². The summed E-state index contributed by atoms with van der Waals surface area (Å²) in [5, 5.41) is 6.98. The second kappa shape index (κ2) is 6.58. The van der Waals surface area contributed by atoms with Crippen molar-refractivity contribution in [3.63, 3.8) is 0 Å². The van der Waals surface area contributed by atoms with Crippen LogP contribution in [0.4, 0.5) is 5.69 Å². The third kappa shape index (κ3) is 3.72. The zero-order chi connectivity index (χ0) is 13.0. The first kappa shape index (κ1) is 13.9.